The van der Waals surface area contributed by atoms with E-state index in [2.05, 4.69) is 5.10 Å². The Hall–Kier alpha value is -1.03. The van der Waals surface area contributed by atoms with Crippen LogP contribution in [0.1, 0.15) is 23.1 Å². The van der Waals surface area contributed by atoms with Crippen LogP contribution in [0.2, 0.25) is 0 Å². The molecule has 0 fully saturated rings. The van der Waals surface area contributed by atoms with E-state index >= 15 is 0 Å². The predicted octanol–water partition coefficient (Wildman–Crippen LogP) is 1.52. The van der Waals surface area contributed by atoms with Crippen LogP contribution in [0.3, 0.4) is 0 Å². The Kier molecular flexibility index (Phi) is 4.15. The Morgan fingerprint density at radius 1 is 1.67 bits per heavy atom. The average molecular weight is 230 g/mol. The van der Waals surface area contributed by atoms with Gasteiger partial charge in [-0.05, 0) is 19.9 Å². The van der Waals surface area contributed by atoms with E-state index in [1.54, 1.807) is 22.7 Å². The number of alkyl halides is 1. The summed E-state index contributed by atoms with van der Waals surface area (Å²) in [4.78, 5) is 13.5. The van der Waals surface area contributed by atoms with E-state index in [9.17, 15) is 4.79 Å². The van der Waals surface area contributed by atoms with Crippen LogP contribution >= 0.6 is 11.6 Å². The van der Waals surface area contributed by atoms with Gasteiger partial charge in [0.2, 0.25) is 0 Å². The minimum absolute atomic E-state index is 0.0295. The fourth-order valence-corrected chi connectivity index (χ4v) is 1.64. The molecule has 84 valence electrons. The third kappa shape index (κ3) is 2.72. The molecule has 15 heavy (non-hydrogen) atoms. The quantitative estimate of drug-likeness (QED) is 0.735. The molecule has 4 nitrogen and oxygen atoms in total. The monoisotopic (exact) mass is 229 g/mol. The summed E-state index contributed by atoms with van der Waals surface area (Å²) >= 11 is 5.59. The molecule has 0 N–H and O–H groups in total. The molecule has 1 heterocycles. The second kappa shape index (κ2) is 5.16. The Morgan fingerprint density at radius 2 is 2.33 bits per heavy atom. The maximum absolute atomic E-state index is 11.9. The van der Waals surface area contributed by atoms with E-state index in [4.69, 9.17) is 11.6 Å². The van der Waals surface area contributed by atoms with Crippen LogP contribution in [0.25, 0.3) is 0 Å². The Labute approximate surface area is 94.8 Å². The van der Waals surface area contributed by atoms with Gasteiger partial charge in [-0.15, -0.1) is 11.6 Å². The second-order valence-electron chi connectivity index (χ2n) is 3.40. The molecule has 1 aromatic rings. The third-order valence-corrected chi connectivity index (χ3v) is 2.36. The third-order valence-electron chi connectivity index (χ3n) is 2.19. The van der Waals surface area contributed by atoms with Gasteiger partial charge in [-0.3, -0.25) is 9.48 Å². The van der Waals surface area contributed by atoms with Gasteiger partial charge in [0.25, 0.3) is 5.91 Å². The molecule has 0 spiro atoms. The van der Waals surface area contributed by atoms with Gasteiger partial charge in [0.1, 0.15) is 5.69 Å². The smallest absolute Gasteiger partial charge is 0.271 e. The minimum Gasteiger partial charge on any atom is -0.339 e. The summed E-state index contributed by atoms with van der Waals surface area (Å²) in [7, 11) is 1.74. The average Bonchev–Trinajstić information content (AvgIpc) is 2.58. The number of nitrogens with zero attached hydrogens (tertiary/aromatic N) is 3. The van der Waals surface area contributed by atoms with Crippen molar-refractivity contribution in [3.8, 4) is 0 Å². The molecule has 0 unspecified atom stereocenters. The summed E-state index contributed by atoms with van der Waals surface area (Å²) in [5.74, 6) is 0.416. The number of hydrogen-bond donors (Lipinski definition) is 0. The van der Waals surface area contributed by atoms with Crippen molar-refractivity contribution in [2.24, 2.45) is 0 Å². The zero-order valence-corrected chi connectivity index (χ0v) is 10.1. The number of aryl methyl sites for hydroxylation is 2. The van der Waals surface area contributed by atoms with Crippen LogP contribution in [0.5, 0.6) is 0 Å². The first-order valence-corrected chi connectivity index (χ1v) is 5.49. The molecule has 5 heteroatoms. The number of rotatable bonds is 4. The van der Waals surface area contributed by atoms with Crippen molar-refractivity contribution in [2.45, 2.75) is 20.4 Å². The van der Waals surface area contributed by atoms with Gasteiger partial charge in [0.15, 0.2) is 0 Å². The highest BCUT2D eigenvalue weighted by molar-refractivity contribution is 6.18. The summed E-state index contributed by atoms with van der Waals surface area (Å²) in [6.07, 6.45) is 0. The maximum atomic E-state index is 11.9. The maximum Gasteiger partial charge on any atom is 0.271 e. The normalized spacial score (nSPS) is 10.4. The number of halogens is 1. The van der Waals surface area contributed by atoms with Gasteiger partial charge in [0.05, 0.1) is 5.69 Å². The van der Waals surface area contributed by atoms with Crippen molar-refractivity contribution < 1.29 is 4.79 Å². The van der Waals surface area contributed by atoms with E-state index in [1.165, 1.54) is 0 Å². The van der Waals surface area contributed by atoms with Crippen LogP contribution in [-0.2, 0) is 6.54 Å². The predicted molar refractivity (Wildman–Crippen MR) is 60.3 cm³/mol. The van der Waals surface area contributed by atoms with Crippen LogP contribution < -0.4 is 0 Å². The Bertz CT molecular complexity index is 348. The fraction of sp³-hybridized carbons (Fsp3) is 0.600. The van der Waals surface area contributed by atoms with Crippen LogP contribution in [0.4, 0.5) is 0 Å². The number of aromatic nitrogens is 2. The highest BCUT2D eigenvalue weighted by Crippen LogP contribution is 2.06. The lowest BCUT2D eigenvalue weighted by molar-refractivity contribution is 0.0791. The summed E-state index contributed by atoms with van der Waals surface area (Å²) in [5, 5.41) is 4.23. The van der Waals surface area contributed by atoms with Gasteiger partial charge in [-0.25, -0.2) is 0 Å². The van der Waals surface area contributed by atoms with Gasteiger partial charge < -0.3 is 4.90 Å². The standard InChI is InChI=1S/C10H16ClN3O/c1-4-14-9(7-8(2)12-14)10(15)13(3)6-5-11/h7H,4-6H2,1-3H3. The van der Waals surface area contributed by atoms with Crippen LogP contribution in [0.15, 0.2) is 6.07 Å². The molecule has 0 bridgehead atoms. The molecule has 0 aromatic carbocycles. The van der Waals surface area contributed by atoms with E-state index in [-0.39, 0.29) is 5.91 Å². The van der Waals surface area contributed by atoms with Gasteiger partial charge in [-0.2, -0.15) is 5.10 Å². The van der Waals surface area contributed by atoms with Crippen molar-refractivity contribution in [2.75, 3.05) is 19.5 Å². The molecule has 1 rings (SSSR count). The van der Waals surface area contributed by atoms with Gasteiger partial charge >= 0.3 is 0 Å². The molecule has 1 aromatic heterocycles. The van der Waals surface area contributed by atoms with Gasteiger partial charge in [0, 0.05) is 26.0 Å². The topological polar surface area (TPSA) is 38.1 Å². The van der Waals surface area contributed by atoms with E-state index < -0.39 is 0 Å². The Morgan fingerprint density at radius 3 is 2.87 bits per heavy atom. The molecule has 0 aliphatic heterocycles. The molecule has 0 aliphatic rings. The van der Waals surface area contributed by atoms with Crippen molar-refractivity contribution in [3.63, 3.8) is 0 Å². The first-order valence-electron chi connectivity index (χ1n) is 4.96. The van der Waals surface area contributed by atoms with Crippen molar-refractivity contribution >= 4 is 17.5 Å². The van der Waals surface area contributed by atoms with E-state index in [1.807, 2.05) is 13.8 Å². The summed E-state index contributed by atoms with van der Waals surface area (Å²) in [6.45, 7) is 5.09. The number of carbonyl (C=O) groups excluding carboxylic acids is 1. The lowest BCUT2D eigenvalue weighted by atomic mass is 10.3. The summed E-state index contributed by atoms with van der Waals surface area (Å²) in [5.41, 5.74) is 1.49. The zero-order valence-electron chi connectivity index (χ0n) is 9.33. The highest BCUT2D eigenvalue weighted by atomic mass is 35.5. The van der Waals surface area contributed by atoms with Crippen LogP contribution in [-0.4, -0.2) is 40.1 Å². The van der Waals surface area contributed by atoms with Gasteiger partial charge in [-0.1, -0.05) is 0 Å². The molecular weight excluding hydrogens is 214 g/mol. The summed E-state index contributed by atoms with van der Waals surface area (Å²) < 4.78 is 1.71. The second-order valence-corrected chi connectivity index (χ2v) is 3.78. The lowest BCUT2D eigenvalue weighted by Gasteiger charge is -2.15. The largest absolute Gasteiger partial charge is 0.339 e. The molecule has 0 atom stereocenters. The highest BCUT2D eigenvalue weighted by Gasteiger charge is 2.16. The molecule has 1 amide bonds. The first-order chi connectivity index (χ1) is 7.10. The lowest BCUT2D eigenvalue weighted by Crippen LogP contribution is -2.30. The SMILES string of the molecule is CCn1nc(C)cc1C(=O)N(C)CCCl. The summed E-state index contributed by atoms with van der Waals surface area (Å²) in [6, 6.07) is 1.80. The number of amides is 1. The molecule has 0 aliphatic carbocycles. The molecular formula is C10H16ClN3O. The van der Waals surface area contributed by atoms with E-state index in [0.29, 0.717) is 24.7 Å². The number of carbonyl (C=O) groups is 1. The first kappa shape index (κ1) is 12.0. The van der Waals surface area contributed by atoms with Crippen LogP contribution in [0, 0.1) is 6.92 Å². The zero-order chi connectivity index (χ0) is 11.4. The van der Waals surface area contributed by atoms with Crippen molar-refractivity contribution in [1.29, 1.82) is 0 Å². The number of hydrogen-bond acceptors (Lipinski definition) is 2. The minimum atomic E-state index is -0.0295. The molecule has 0 radical (unpaired) electrons. The van der Waals surface area contributed by atoms with E-state index in [0.717, 1.165) is 5.69 Å². The van der Waals surface area contributed by atoms with Crippen molar-refractivity contribution in [3.05, 3.63) is 17.5 Å². The molecule has 0 saturated heterocycles. The Balaban J connectivity index is 2.89. The molecule has 0 saturated carbocycles. The fourth-order valence-electron chi connectivity index (χ4n) is 1.38. The van der Waals surface area contributed by atoms with Crippen molar-refractivity contribution in [1.82, 2.24) is 14.7 Å².